The first-order chi connectivity index (χ1) is 15.7. The zero-order valence-corrected chi connectivity index (χ0v) is 18.3. The van der Waals surface area contributed by atoms with Crippen LogP contribution in [0, 0.1) is 0 Å². The maximum atomic E-state index is 2.41. The van der Waals surface area contributed by atoms with Gasteiger partial charge in [-0.3, -0.25) is 0 Å². The van der Waals surface area contributed by atoms with E-state index in [-0.39, 0.29) is 5.41 Å². The van der Waals surface area contributed by atoms with Gasteiger partial charge in [0.25, 0.3) is 0 Å². The lowest BCUT2D eigenvalue weighted by atomic mass is 9.80. The van der Waals surface area contributed by atoms with Crippen LogP contribution in [0.15, 0.2) is 103 Å². The molecule has 0 spiro atoms. The van der Waals surface area contributed by atoms with Crippen molar-refractivity contribution >= 4 is 32.6 Å². The lowest BCUT2D eigenvalue weighted by Gasteiger charge is -2.23. The Kier molecular flexibility index (Phi) is 3.40. The minimum absolute atomic E-state index is 0.0460. The van der Waals surface area contributed by atoms with Gasteiger partial charge in [-0.1, -0.05) is 92.7 Å². The van der Waals surface area contributed by atoms with Crippen LogP contribution in [0.4, 0.5) is 0 Å². The van der Waals surface area contributed by atoms with Crippen molar-refractivity contribution in [3.8, 4) is 16.8 Å². The fourth-order valence-electron chi connectivity index (χ4n) is 6.00. The molecule has 0 saturated heterocycles. The summed E-state index contributed by atoms with van der Waals surface area (Å²) in [6.07, 6.45) is 0. The maximum absolute atomic E-state index is 2.41. The summed E-state index contributed by atoms with van der Waals surface area (Å²) in [7, 11) is 0. The van der Waals surface area contributed by atoms with Gasteiger partial charge < -0.3 is 4.57 Å². The molecule has 0 saturated carbocycles. The lowest BCUT2D eigenvalue weighted by Crippen LogP contribution is -2.15. The second-order valence-electron chi connectivity index (χ2n) is 9.40. The third kappa shape index (κ3) is 2.13. The number of rotatable bonds is 1. The molecule has 5 aromatic carbocycles. The van der Waals surface area contributed by atoms with Gasteiger partial charge in [-0.25, -0.2) is 0 Å². The monoisotopic (exact) mass is 409 g/mol. The summed E-state index contributed by atoms with van der Waals surface area (Å²) in [6.45, 7) is 4.76. The van der Waals surface area contributed by atoms with Crippen LogP contribution in [0.3, 0.4) is 0 Å². The van der Waals surface area contributed by atoms with Crippen LogP contribution >= 0.6 is 0 Å². The molecule has 32 heavy (non-hydrogen) atoms. The normalized spacial score (nSPS) is 14.2. The Morgan fingerprint density at radius 3 is 2.16 bits per heavy atom. The van der Waals surface area contributed by atoms with Crippen LogP contribution in [-0.2, 0) is 5.41 Å². The average Bonchev–Trinajstić information content (AvgIpc) is 3.29. The molecule has 0 fully saturated rings. The predicted octanol–water partition coefficient (Wildman–Crippen LogP) is 8.24. The number of aromatic nitrogens is 1. The maximum Gasteiger partial charge on any atom is 0.0547 e. The Labute approximate surface area is 187 Å². The van der Waals surface area contributed by atoms with E-state index in [1.54, 1.807) is 0 Å². The molecule has 1 aromatic heterocycles. The Balaban J connectivity index is 1.70. The zero-order valence-electron chi connectivity index (χ0n) is 18.3. The van der Waals surface area contributed by atoms with E-state index in [0.717, 1.165) is 0 Å². The summed E-state index contributed by atoms with van der Waals surface area (Å²) in [6, 6.07) is 37.7. The van der Waals surface area contributed by atoms with E-state index in [0.29, 0.717) is 0 Å². The Morgan fingerprint density at radius 2 is 1.31 bits per heavy atom. The van der Waals surface area contributed by atoms with Crippen LogP contribution in [-0.4, -0.2) is 4.57 Å². The van der Waals surface area contributed by atoms with Crippen molar-refractivity contribution < 1.29 is 0 Å². The molecule has 1 aliphatic rings. The van der Waals surface area contributed by atoms with E-state index in [1.807, 2.05) is 0 Å². The van der Waals surface area contributed by atoms with Crippen molar-refractivity contribution in [2.45, 2.75) is 19.3 Å². The van der Waals surface area contributed by atoms with Gasteiger partial charge in [0, 0.05) is 21.9 Å². The highest BCUT2D eigenvalue weighted by Gasteiger charge is 2.38. The molecular formula is C31H23N. The number of para-hydroxylation sites is 2. The molecule has 152 valence electrons. The Morgan fingerprint density at radius 1 is 0.594 bits per heavy atom. The van der Waals surface area contributed by atoms with Gasteiger partial charge in [-0.2, -0.15) is 0 Å². The summed E-state index contributed by atoms with van der Waals surface area (Å²) in [4.78, 5) is 0. The highest BCUT2D eigenvalue weighted by molar-refractivity contribution is 6.18. The minimum Gasteiger partial charge on any atom is -0.309 e. The zero-order chi connectivity index (χ0) is 21.4. The largest absolute Gasteiger partial charge is 0.309 e. The van der Waals surface area contributed by atoms with Gasteiger partial charge in [-0.05, 0) is 57.3 Å². The number of nitrogens with zero attached hydrogens (tertiary/aromatic N) is 1. The van der Waals surface area contributed by atoms with Crippen molar-refractivity contribution in [1.82, 2.24) is 4.57 Å². The SMILES string of the molecule is CC1(C)c2ccc3c(c2-c2ccc4ccccc4c21)c1ccccc1n3-c1ccccc1. The minimum atomic E-state index is -0.0460. The van der Waals surface area contributed by atoms with Crippen molar-refractivity contribution in [3.63, 3.8) is 0 Å². The molecule has 1 heteroatoms. The molecular weight excluding hydrogens is 386 g/mol. The van der Waals surface area contributed by atoms with Gasteiger partial charge in [-0.15, -0.1) is 0 Å². The van der Waals surface area contributed by atoms with Crippen LogP contribution in [0.1, 0.15) is 25.0 Å². The lowest BCUT2D eigenvalue weighted by molar-refractivity contribution is 0.666. The molecule has 0 N–H and O–H groups in total. The van der Waals surface area contributed by atoms with Gasteiger partial charge in [0.05, 0.1) is 11.0 Å². The van der Waals surface area contributed by atoms with E-state index in [4.69, 9.17) is 0 Å². The van der Waals surface area contributed by atoms with Crippen LogP contribution in [0.2, 0.25) is 0 Å². The summed E-state index contributed by atoms with van der Waals surface area (Å²) in [5.41, 5.74) is 9.35. The van der Waals surface area contributed by atoms with Crippen LogP contribution in [0.25, 0.3) is 49.4 Å². The summed E-state index contributed by atoms with van der Waals surface area (Å²) >= 11 is 0. The smallest absolute Gasteiger partial charge is 0.0547 e. The van der Waals surface area contributed by atoms with Crippen LogP contribution < -0.4 is 0 Å². The predicted molar refractivity (Wildman–Crippen MR) is 136 cm³/mol. The van der Waals surface area contributed by atoms with E-state index in [9.17, 15) is 0 Å². The van der Waals surface area contributed by atoms with E-state index in [1.165, 1.54) is 60.5 Å². The topological polar surface area (TPSA) is 4.93 Å². The quantitative estimate of drug-likeness (QED) is 0.258. The Bertz CT molecular complexity index is 1680. The Hall–Kier alpha value is -3.84. The standard InChI is InChI=1S/C31H23N/c1-31(2)25-18-19-27-29(28(25)24-17-16-20-10-6-7-13-22(20)30(24)31)23-14-8-9-15-26(23)32(27)21-11-4-3-5-12-21/h3-19H,1-2H3. The molecule has 0 atom stereocenters. The van der Waals surface area contributed by atoms with Crippen molar-refractivity contribution in [3.05, 3.63) is 114 Å². The first kappa shape index (κ1) is 17.8. The average molecular weight is 410 g/mol. The molecule has 0 bridgehead atoms. The number of benzene rings is 5. The fraction of sp³-hybridized carbons (Fsp3) is 0.0968. The van der Waals surface area contributed by atoms with Gasteiger partial charge in [0.15, 0.2) is 0 Å². The second kappa shape index (κ2) is 6.11. The first-order valence-electron chi connectivity index (χ1n) is 11.3. The second-order valence-corrected chi connectivity index (χ2v) is 9.40. The van der Waals surface area contributed by atoms with E-state index in [2.05, 4.69) is 122 Å². The van der Waals surface area contributed by atoms with Gasteiger partial charge in [0.2, 0.25) is 0 Å². The fourth-order valence-corrected chi connectivity index (χ4v) is 6.00. The van der Waals surface area contributed by atoms with E-state index < -0.39 is 0 Å². The molecule has 1 aliphatic carbocycles. The highest BCUT2D eigenvalue weighted by atomic mass is 15.0. The number of hydrogen-bond donors (Lipinski definition) is 0. The molecule has 1 heterocycles. The molecule has 7 rings (SSSR count). The van der Waals surface area contributed by atoms with Crippen molar-refractivity contribution in [2.24, 2.45) is 0 Å². The molecule has 0 radical (unpaired) electrons. The van der Waals surface area contributed by atoms with E-state index >= 15 is 0 Å². The third-order valence-corrected chi connectivity index (χ3v) is 7.35. The number of hydrogen-bond acceptors (Lipinski definition) is 0. The van der Waals surface area contributed by atoms with Crippen LogP contribution in [0.5, 0.6) is 0 Å². The molecule has 0 amide bonds. The first-order valence-corrected chi connectivity index (χ1v) is 11.3. The van der Waals surface area contributed by atoms with Gasteiger partial charge in [0.1, 0.15) is 0 Å². The van der Waals surface area contributed by atoms with Gasteiger partial charge >= 0.3 is 0 Å². The third-order valence-electron chi connectivity index (χ3n) is 7.35. The van der Waals surface area contributed by atoms with Crippen molar-refractivity contribution in [2.75, 3.05) is 0 Å². The molecule has 0 unspecified atom stereocenters. The highest BCUT2D eigenvalue weighted by Crippen LogP contribution is 2.55. The molecule has 6 aromatic rings. The molecule has 1 nitrogen and oxygen atoms in total. The summed E-state index contributed by atoms with van der Waals surface area (Å²) in [5.74, 6) is 0. The van der Waals surface area contributed by atoms with Crippen molar-refractivity contribution in [1.29, 1.82) is 0 Å². The summed E-state index contributed by atoms with van der Waals surface area (Å²) < 4.78 is 2.41. The molecule has 0 aliphatic heterocycles. The summed E-state index contributed by atoms with van der Waals surface area (Å²) in [5, 5.41) is 5.37. The number of fused-ring (bicyclic) bond motifs is 9.